The Balaban J connectivity index is 1.46. The van der Waals surface area contributed by atoms with Crippen LogP contribution in [-0.2, 0) is 9.53 Å². The molecule has 0 unspecified atom stereocenters. The van der Waals surface area contributed by atoms with Crippen LogP contribution in [0.2, 0.25) is 0 Å². The monoisotopic (exact) mass is 413 g/mol. The Morgan fingerprint density at radius 3 is 2.16 bits per heavy atom. The van der Waals surface area contributed by atoms with Gasteiger partial charge in [-0.1, -0.05) is 42.0 Å². The third kappa shape index (κ3) is 3.88. The molecule has 1 aliphatic rings. The number of ether oxygens (including phenoxy) is 1. The molecular formula is C25H19NO5. The van der Waals surface area contributed by atoms with Gasteiger partial charge in [-0.05, 0) is 43.7 Å². The van der Waals surface area contributed by atoms with Crippen molar-refractivity contribution in [2.45, 2.75) is 13.8 Å². The first-order valence-corrected chi connectivity index (χ1v) is 9.72. The van der Waals surface area contributed by atoms with E-state index in [4.69, 9.17) is 4.74 Å². The first-order chi connectivity index (χ1) is 14.8. The first-order valence-electron chi connectivity index (χ1n) is 9.72. The SMILES string of the molecule is Cc1ccc(C)c(C(=O)OCC(=O)Nc2ccc3c(c2)C(=O)c2ccccc2C3=O)c1. The van der Waals surface area contributed by atoms with Crippen LogP contribution in [0.1, 0.15) is 53.3 Å². The van der Waals surface area contributed by atoms with Gasteiger partial charge < -0.3 is 10.1 Å². The van der Waals surface area contributed by atoms with Crippen molar-refractivity contribution in [1.82, 2.24) is 0 Å². The zero-order valence-corrected chi connectivity index (χ0v) is 17.0. The van der Waals surface area contributed by atoms with E-state index in [9.17, 15) is 19.2 Å². The number of fused-ring (bicyclic) bond motifs is 2. The third-order valence-electron chi connectivity index (χ3n) is 5.16. The van der Waals surface area contributed by atoms with Gasteiger partial charge in [-0.25, -0.2) is 4.79 Å². The molecule has 0 aliphatic heterocycles. The highest BCUT2D eigenvalue weighted by molar-refractivity contribution is 6.28. The molecule has 6 nitrogen and oxygen atoms in total. The van der Waals surface area contributed by atoms with Crippen LogP contribution in [0.4, 0.5) is 5.69 Å². The Kier molecular flexibility index (Phi) is 5.21. The van der Waals surface area contributed by atoms with E-state index >= 15 is 0 Å². The molecule has 1 amide bonds. The molecule has 0 atom stereocenters. The summed E-state index contributed by atoms with van der Waals surface area (Å²) in [7, 11) is 0. The number of benzene rings is 3. The van der Waals surface area contributed by atoms with Gasteiger partial charge in [0.1, 0.15) is 0 Å². The van der Waals surface area contributed by atoms with Gasteiger partial charge in [0.25, 0.3) is 5.91 Å². The normalized spacial score (nSPS) is 12.1. The van der Waals surface area contributed by atoms with E-state index in [2.05, 4.69) is 5.32 Å². The number of carbonyl (C=O) groups is 4. The van der Waals surface area contributed by atoms with Crippen molar-refractivity contribution in [2.24, 2.45) is 0 Å². The van der Waals surface area contributed by atoms with Gasteiger partial charge in [0.2, 0.25) is 0 Å². The molecule has 154 valence electrons. The summed E-state index contributed by atoms with van der Waals surface area (Å²) in [4.78, 5) is 50.0. The molecule has 3 aromatic rings. The topological polar surface area (TPSA) is 89.5 Å². The number of esters is 1. The lowest BCUT2D eigenvalue weighted by molar-refractivity contribution is -0.119. The Morgan fingerprint density at radius 1 is 0.806 bits per heavy atom. The van der Waals surface area contributed by atoms with Crippen LogP contribution < -0.4 is 5.32 Å². The number of hydrogen-bond acceptors (Lipinski definition) is 5. The van der Waals surface area contributed by atoms with Crippen LogP contribution in [0, 0.1) is 13.8 Å². The van der Waals surface area contributed by atoms with E-state index in [0.29, 0.717) is 27.9 Å². The predicted molar refractivity (Wildman–Crippen MR) is 115 cm³/mol. The Morgan fingerprint density at radius 2 is 1.45 bits per heavy atom. The lowest BCUT2D eigenvalue weighted by Crippen LogP contribution is -2.23. The molecule has 3 aromatic carbocycles. The number of anilines is 1. The molecular weight excluding hydrogens is 394 g/mol. The van der Waals surface area contributed by atoms with Crippen LogP contribution in [0.5, 0.6) is 0 Å². The number of hydrogen-bond donors (Lipinski definition) is 1. The van der Waals surface area contributed by atoms with E-state index in [1.165, 1.54) is 12.1 Å². The van der Waals surface area contributed by atoms with Crippen molar-refractivity contribution in [3.8, 4) is 0 Å². The molecule has 4 rings (SSSR count). The lowest BCUT2D eigenvalue weighted by Gasteiger charge is -2.18. The van der Waals surface area contributed by atoms with Gasteiger partial charge in [-0.15, -0.1) is 0 Å². The molecule has 0 aromatic heterocycles. The summed E-state index contributed by atoms with van der Waals surface area (Å²) in [6.45, 7) is 3.18. The van der Waals surface area contributed by atoms with Crippen LogP contribution in [-0.4, -0.2) is 30.0 Å². The zero-order valence-electron chi connectivity index (χ0n) is 17.0. The van der Waals surface area contributed by atoms with Gasteiger partial charge in [0.15, 0.2) is 18.2 Å². The fourth-order valence-electron chi connectivity index (χ4n) is 3.54. The molecule has 0 saturated carbocycles. The Hall–Kier alpha value is -4.06. The maximum atomic E-state index is 12.8. The minimum Gasteiger partial charge on any atom is -0.452 e. The molecule has 6 heteroatoms. The van der Waals surface area contributed by atoms with Crippen molar-refractivity contribution in [3.05, 3.63) is 99.6 Å². The molecule has 1 N–H and O–H groups in total. The predicted octanol–water partition coefficient (Wildman–Crippen LogP) is 3.87. The van der Waals surface area contributed by atoms with Crippen LogP contribution in [0.25, 0.3) is 0 Å². The molecule has 0 saturated heterocycles. The van der Waals surface area contributed by atoms with Gasteiger partial charge in [-0.2, -0.15) is 0 Å². The highest BCUT2D eigenvalue weighted by atomic mass is 16.5. The van der Waals surface area contributed by atoms with Crippen LogP contribution in [0.15, 0.2) is 60.7 Å². The lowest BCUT2D eigenvalue weighted by atomic mass is 9.84. The number of aryl methyl sites for hydroxylation is 2. The molecule has 31 heavy (non-hydrogen) atoms. The third-order valence-corrected chi connectivity index (χ3v) is 5.16. The van der Waals surface area contributed by atoms with Crippen molar-refractivity contribution in [3.63, 3.8) is 0 Å². The number of rotatable bonds is 4. The van der Waals surface area contributed by atoms with Crippen molar-refractivity contribution in [2.75, 3.05) is 11.9 Å². The van der Waals surface area contributed by atoms with Crippen molar-refractivity contribution in [1.29, 1.82) is 0 Å². The number of ketones is 2. The first kappa shape index (κ1) is 20.2. The standard InChI is InChI=1S/C25H19NO5/c1-14-7-8-15(2)20(11-14)25(30)31-13-22(27)26-16-9-10-19-21(12-16)24(29)18-6-4-3-5-17(18)23(19)28/h3-12H,13H2,1-2H3,(H,26,27). The minimum atomic E-state index is -0.584. The molecule has 0 fully saturated rings. The van der Waals surface area contributed by atoms with Crippen LogP contribution in [0.3, 0.4) is 0 Å². The van der Waals surface area contributed by atoms with E-state index in [-0.39, 0.29) is 17.1 Å². The van der Waals surface area contributed by atoms with Crippen molar-refractivity contribution < 1.29 is 23.9 Å². The van der Waals surface area contributed by atoms with E-state index < -0.39 is 18.5 Å². The second kappa shape index (κ2) is 7.99. The quantitative estimate of drug-likeness (QED) is 0.513. The van der Waals surface area contributed by atoms with Gasteiger partial charge in [0, 0.05) is 27.9 Å². The number of carbonyl (C=O) groups excluding carboxylic acids is 4. The average molecular weight is 413 g/mol. The summed E-state index contributed by atoms with van der Waals surface area (Å²) in [5, 5.41) is 2.60. The maximum absolute atomic E-state index is 12.8. The summed E-state index contributed by atoms with van der Waals surface area (Å²) in [6.07, 6.45) is 0. The van der Waals surface area contributed by atoms with E-state index in [0.717, 1.165) is 11.1 Å². The summed E-state index contributed by atoms with van der Waals surface area (Å²) >= 11 is 0. The fourth-order valence-corrected chi connectivity index (χ4v) is 3.54. The maximum Gasteiger partial charge on any atom is 0.338 e. The second-order valence-corrected chi connectivity index (χ2v) is 7.41. The smallest absolute Gasteiger partial charge is 0.338 e. The molecule has 0 heterocycles. The molecule has 0 bridgehead atoms. The molecule has 0 radical (unpaired) electrons. The summed E-state index contributed by atoms with van der Waals surface area (Å²) < 4.78 is 5.12. The van der Waals surface area contributed by atoms with Crippen LogP contribution >= 0.6 is 0 Å². The fraction of sp³-hybridized carbons (Fsp3) is 0.120. The van der Waals surface area contributed by atoms with Crippen molar-refractivity contribution >= 4 is 29.1 Å². The average Bonchev–Trinajstić information content (AvgIpc) is 2.77. The summed E-state index contributed by atoms with van der Waals surface area (Å²) in [5.41, 5.74) is 3.65. The van der Waals surface area contributed by atoms with E-state index in [1.54, 1.807) is 43.3 Å². The van der Waals surface area contributed by atoms with Gasteiger partial charge >= 0.3 is 5.97 Å². The summed E-state index contributed by atoms with van der Waals surface area (Å²) in [5.74, 6) is -1.64. The highest BCUT2D eigenvalue weighted by Crippen LogP contribution is 2.29. The summed E-state index contributed by atoms with van der Waals surface area (Å²) in [6, 6.07) is 16.6. The molecule has 1 aliphatic carbocycles. The number of nitrogens with one attached hydrogen (secondary N) is 1. The number of amides is 1. The Bertz CT molecular complexity index is 1260. The zero-order chi connectivity index (χ0) is 22.1. The largest absolute Gasteiger partial charge is 0.452 e. The second-order valence-electron chi connectivity index (χ2n) is 7.41. The van der Waals surface area contributed by atoms with Gasteiger partial charge in [0.05, 0.1) is 5.56 Å². The Labute approximate surface area is 178 Å². The molecule has 0 spiro atoms. The van der Waals surface area contributed by atoms with Gasteiger partial charge in [-0.3, -0.25) is 14.4 Å². The van der Waals surface area contributed by atoms with E-state index in [1.807, 2.05) is 19.1 Å². The highest BCUT2D eigenvalue weighted by Gasteiger charge is 2.29. The minimum absolute atomic E-state index is 0.230.